The number of anilines is 1. The van der Waals surface area contributed by atoms with E-state index in [1.165, 1.54) is 12.8 Å². The van der Waals surface area contributed by atoms with Gasteiger partial charge in [0.25, 0.3) is 0 Å². The Kier molecular flexibility index (Phi) is 2.18. The highest BCUT2D eigenvalue weighted by Gasteiger charge is 2.24. The summed E-state index contributed by atoms with van der Waals surface area (Å²) in [5.41, 5.74) is 5.37. The number of likely N-dealkylation sites (tertiary alicyclic amines) is 1. The molecule has 1 saturated heterocycles. The lowest BCUT2D eigenvalue weighted by Crippen LogP contribution is -2.30. The average Bonchev–Trinajstić information content (AvgIpc) is 2.53. The number of nitrogens with zero attached hydrogens (tertiary/aromatic N) is 3. The molecule has 0 aromatic carbocycles. The third-order valence-electron chi connectivity index (χ3n) is 2.53. The van der Waals surface area contributed by atoms with Crippen LogP contribution >= 0.6 is 0 Å². The SMILES string of the molecule is CN1CCCCC1c1noc(N)n1. The van der Waals surface area contributed by atoms with Gasteiger partial charge in [-0.3, -0.25) is 4.90 Å². The molecule has 0 radical (unpaired) electrons. The summed E-state index contributed by atoms with van der Waals surface area (Å²) in [5.74, 6) is 0.722. The van der Waals surface area contributed by atoms with Crippen molar-refractivity contribution in [3.8, 4) is 0 Å². The first kappa shape index (κ1) is 8.50. The molecular weight excluding hydrogens is 168 g/mol. The van der Waals surface area contributed by atoms with Gasteiger partial charge >= 0.3 is 6.01 Å². The second-order valence-electron chi connectivity index (χ2n) is 3.48. The van der Waals surface area contributed by atoms with E-state index in [1.54, 1.807) is 0 Å². The van der Waals surface area contributed by atoms with Gasteiger partial charge in [-0.25, -0.2) is 0 Å². The molecule has 2 heterocycles. The molecule has 0 aliphatic carbocycles. The summed E-state index contributed by atoms with van der Waals surface area (Å²) in [4.78, 5) is 6.29. The van der Waals surface area contributed by atoms with Crippen LogP contribution in [0.3, 0.4) is 0 Å². The minimum atomic E-state index is 0.161. The first-order chi connectivity index (χ1) is 6.27. The molecule has 1 fully saturated rings. The highest BCUT2D eigenvalue weighted by atomic mass is 16.5. The van der Waals surface area contributed by atoms with Crippen molar-refractivity contribution in [3.63, 3.8) is 0 Å². The van der Waals surface area contributed by atoms with Gasteiger partial charge in [-0.1, -0.05) is 11.6 Å². The van der Waals surface area contributed by atoms with Crippen LogP contribution in [0.25, 0.3) is 0 Å². The van der Waals surface area contributed by atoms with Crippen molar-refractivity contribution >= 4 is 6.01 Å². The minimum absolute atomic E-state index is 0.161. The van der Waals surface area contributed by atoms with Crippen molar-refractivity contribution < 1.29 is 4.52 Å². The van der Waals surface area contributed by atoms with E-state index in [-0.39, 0.29) is 12.1 Å². The van der Waals surface area contributed by atoms with E-state index in [0.717, 1.165) is 18.8 Å². The Hall–Kier alpha value is -1.10. The molecule has 72 valence electrons. The van der Waals surface area contributed by atoms with Gasteiger partial charge in [0.2, 0.25) is 0 Å². The van der Waals surface area contributed by atoms with E-state index in [2.05, 4.69) is 22.1 Å². The molecule has 1 aromatic heterocycles. The lowest BCUT2D eigenvalue weighted by atomic mass is 10.0. The number of hydrogen-bond donors (Lipinski definition) is 1. The standard InChI is InChI=1S/C8H14N4O/c1-12-5-3-2-4-6(12)7-10-8(9)13-11-7/h6H,2-5H2,1H3,(H2,9,10,11). The summed E-state index contributed by atoms with van der Waals surface area (Å²) in [6, 6.07) is 0.448. The molecule has 0 spiro atoms. The molecule has 2 rings (SSSR count). The Morgan fingerprint density at radius 1 is 1.54 bits per heavy atom. The highest BCUT2D eigenvalue weighted by molar-refractivity contribution is 5.09. The van der Waals surface area contributed by atoms with Crippen molar-refractivity contribution in [3.05, 3.63) is 5.82 Å². The largest absolute Gasteiger partial charge is 0.351 e. The number of nitrogens with two attached hydrogens (primary N) is 1. The molecule has 0 bridgehead atoms. The molecule has 1 atom stereocenters. The van der Waals surface area contributed by atoms with Crippen LogP contribution in [0.1, 0.15) is 31.1 Å². The topological polar surface area (TPSA) is 68.2 Å². The van der Waals surface area contributed by atoms with Crippen LogP contribution in [0.2, 0.25) is 0 Å². The fourth-order valence-electron chi connectivity index (χ4n) is 1.78. The van der Waals surface area contributed by atoms with Crippen molar-refractivity contribution in [2.45, 2.75) is 25.3 Å². The Labute approximate surface area is 76.9 Å². The summed E-state index contributed by atoms with van der Waals surface area (Å²) in [6.45, 7) is 1.10. The zero-order valence-corrected chi connectivity index (χ0v) is 7.73. The van der Waals surface area contributed by atoms with Gasteiger partial charge in [-0.15, -0.1) is 0 Å². The summed E-state index contributed by atoms with van der Waals surface area (Å²) in [7, 11) is 2.08. The van der Waals surface area contributed by atoms with Crippen molar-refractivity contribution in [2.75, 3.05) is 19.3 Å². The molecule has 1 aliphatic rings. The number of hydrogen-bond acceptors (Lipinski definition) is 5. The number of nitrogen functional groups attached to an aromatic ring is 1. The molecule has 5 nitrogen and oxygen atoms in total. The number of rotatable bonds is 1. The van der Waals surface area contributed by atoms with Gasteiger partial charge in [0.1, 0.15) is 0 Å². The Bertz CT molecular complexity index is 285. The maximum absolute atomic E-state index is 5.37. The van der Waals surface area contributed by atoms with Gasteiger partial charge in [0.15, 0.2) is 5.82 Å². The molecule has 13 heavy (non-hydrogen) atoms. The molecule has 5 heteroatoms. The second kappa shape index (κ2) is 3.33. The monoisotopic (exact) mass is 182 g/mol. The van der Waals surface area contributed by atoms with Gasteiger partial charge < -0.3 is 10.3 Å². The third-order valence-corrected chi connectivity index (χ3v) is 2.53. The van der Waals surface area contributed by atoms with Crippen molar-refractivity contribution in [2.24, 2.45) is 0 Å². The maximum atomic E-state index is 5.37. The summed E-state index contributed by atoms with van der Waals surface area (Å²) in [6.07, 6.45) is 3.57. The van der Waals surface area contributed by atoms with Crippen molar-refractivity contribution in [1.82, 2.24) is 15.0 Å². The molecule has 1 aliphatic heterocycles. The smallest absolute Gasteiger partial charge is 0.318 e. The molecule has 1 aromatic rings. The predicted octanol–water partition coefficient (Wildman–Crippen LogP) is 0.809. The van der Waals surface area contributed by atoms with E-state index in [0.29, 0.717) is 0 Å². The number of piperidine rings is 1. The quantitative estimate of drug-likeness (QED) is 0.696. The molecular formula is C8H14N4O. The summed E-state index contributed by atoms with van der Waals surface area (Å²) in [5, 5.41) is 3.84. The second-order valence-corrected chi connectivity index (χ2v) is 3.48. The Balaban J connectivity index is 2.14. The normalized spacial score (nSPS) is 24.8. The first-order valence-electron chi connectivity index (χ1n) is 4.56. The van der Waals surface area contributed by atoms with Gasteiger partial charge in [0, 0.05) is 0 Å². The average molecular weight is 182 g/mol. The van der Waals surface area contributed by atoms with E-state index in [1.807, 2.05) is 0 Å². The Morgan fingerprint density at radius 3 is 3.00 bits per heavy atom. The predicted molar refractivity (Wildman–Crippen MR) is 47.9 cm³/mol. The van der Waals surface area contributed by atoms with Crippen LogP contribution in [0.15, 0.2) is 4.52 Å². The summed E-state index contributed by atoms with van der Waals surface area (Å²) < 4.78 is 4.76. The molecule has 2 N–H and O–H groups in total. The van der Waals surface area contributed by atoms with Crippen molar-refractivity contribution in [1.29, 1.82) is 0 Å². The lowest BCUT2D eigenvalue weighted by molar-refractivity contribution is 0.176. The van der Waals surface area contributed by atoms with Crippen LogP contribution < -0.4 is 5.73 Å². The Morgan fingerprint density at radius 2 is 2.38 bits per heavy atom. The summed E-state index contributed by atoms with van der Waals surface area (Å²) >= 11 is 0. The third kappa shape index (κ3) is 1.65. The number of aromatic nitrogens is 2. The molecule has 0 amide bonds. The van der Waals surface area contributed by atoms with E-state index in [4.69, 9.17) is 10.3 Å². The zero-order chi connectivity index (χ0) is 9.26. The fourth-order valence-corrected chi connectivity index (χ4v) is 1.78. The van der Waals surface area contributed by atoms with Gasteiger partial charge in [-0.2, -0.15) is 4.98 Å². The maximum Gasteiger partial charge on any atom is 0.318 e. The lowest BCUT2D eigenvalue weighted by Gasteiger charge is -2.29. The van der Waals surface area contributed by atoms with E-state index in [9.17, 15) is 0 Å². The first-order valence-corrected chi connectivity index (χ1v) is 4.56. The molecule has 0 saturated carbocycles. The fraction of sp³-hybridized carbons (Fsp3) is 0.750. The molecule has 1 unspecified atom stereocenters. The highest BCUT2D eigenvalue weighted by Crippen LogP contribution is 2.27. The van der Waals surface area contributed by atoms with Crippen LogP contribution in [0.4, 0.5) is 6.01 Å². The van der Waals surface area contributed by atoms with Crippen LogP contribution in [0, 0.1) is 0 Å². The van der Waals surface area contributed by atoms with Gasteiger partial charge in [0.05, 0.1) is 6.04 Å². The van der Waals surface area contributed by atoms with Crippen LogP contribution in [-0.2, 0) is 0 Å². The van der Waals surface area contributed by atoms with Gasteiger partial charge in [-0.05, 0) is 26.4 Å². The van der Waals surface area contributed by atoms with Crippen LogP contribution in [0.5, 0.6) is 0 Å². The zero-order valence-electron chi connectivity index (χ0n) is 7.73. The van der Waals surface area contributed by atoms with Crippen LogP contribution in [-0.4, -0.2) is 28.6 Å². The van der Waals surface area contributed by atoms with E-state index < -0.39 is 0 Å². The minimum Gasteiger partial charge on any atom is -0.351 e. The van der Waals surface area contributed by atoms with E-state index >= 15 is 0 Å².